The van der Waals surface area contributed by atoms with E-state index in [2.05, 4.69) is 24.3 Å². The molecule has 39 heavy (non-hydrogen) atoms. The number of ether oxygens (including phenoxy) is 4. The van der Waals surface area contributed by atoms with E-state index in [1.54, 1.807) is 23.5 Å². The van der Waals surface area contributed by atoms with E-state index in [1.807, 2.05) is 66.7 Å². The summed E-state index contributed by atoms with van der Waals surface area (Å²) in [5, 5.41) is 12.3. The molecule has 0 amide bonds. The number of hydrogen-bond donors (Lipinski definition) is 1. The van der Waals surface area contributed by atoms with Crippen LogP contribution in [0, 0.1) is 0 Å². The fourth-order valence-corrected chi connectivity index (χ4v) is 8.08. The van der Waals surface area contributed by atoms with E-state index in [1.165, 1.54) is 0 Å². The molecule has 0 bridgehead atoms. The van der Waals surface area contributed by atoms with Crippen LogP contribution in [0.2, 0.25) is 0 Å². The van der Waals surface area contributed by atoms with Crippen LogP contribution in [0.15, 0.2) is 91.0 Å². The van der Waals surface area contributed by atoms with Crippen LogP contribution in [-0.2, 0) is 38.8 Å². The van der Waals surface area contributed by atoms with Crippen molar-refractivity contribution in [3.8, 4) is 0 Å². The molecule has 2 aliphatic rings. The summed E-state index contributed by atoms with van der Waals surface area (Å²) in [5.41, 5.74) is 3.30. The smallest absolute Gasteiger partial charge is 0.216 e. The van der Waals surface area contributed by atoms with Crippen LogP contribution in [0.4, 0.5) is 0 Å². The highest BCUT2D eigenvalue weighted by Gasteiger charge is 2.56. The zero-order chi connectivity index (χ0) is 26.8. The molecule has 2 heterocycles. The predicted molar refractivity (Wildman–Crippen MR) is 159 cm³/mol. The van der Waals surface area contributed by atoms with Gasteiger partial charge in [0.1, 0.15) is 10.7 Å². The lowest BCUT2D eigenvalue weighted by atomic mass is 9.93. The second kappa shape index (κ2) is 14.7. The Kier molecular flexibility index (Phi) is 10.8. The largest absolute Gasteiger partial charge is 0.377 e. The quantitative estimate of drug-likeness (QED) is 0.253. The standard InChI is InChI=1S/C32H38O5S2/c33-32(31-38-19-10-20-39-31)30(36-24-27-15-8-3-9-16-27)29(35-23-26-13-6-2-7-14-26)21-28(37-32)17-18-34-22-25-11-4-1-5-12-25/h1-9,11-16,28-31,33H,10,17-24H2/t28-,29+,30-,32-/m1/s1. The minimum absolute atomic E-state index is 0.150. The van der Waals surface area contributed by atoms with Crippen molar-refractivity contribution in [2.75, 3.05) is 18.1 Å². The second-order valence-electron chi connectivity index (χ2n) is 10.0. The van der Waals surface area contributed by atoms with Gasteiger partial charge in [0.2, 0.25) is 5.79 Å². The first-order valence-corrected chi connectivity index (χ1v) is 15.9. The molecule has 0 saturated carbocycles. The Balaban J connectivity index is 1.32. The number of thioether (sulfide) groups is 2. The molecule has 5 rings (SSSR count). The van der Waals surface area contributed by atoms with Gasteiger partial charge in [-0.15, -0.1) is 23.5 Å². The highest BCUT2D eigenvalue weighted by atomic mass is 32.2. The highest BCUT2D eigenvalue weighted by Crippen LogP contribution is 2.46. The Labute approximate surface area is 240 Å². The van der Waals surface area contributed by atoms with Crippen molar-refractivity contribution < 1.29 is 24.1 Å². The van der Waals surface area contributed by atoms with Gasteiger partial charge in [-0.3, -0.25) is 0 Å². The van der Waals surface area contributed by atoms with E-state index >= 15 is 0 Å². The summed E-state index contributed by atoms with van der Waals surface area (Å²) >= 11 is 3.52. The maximum atomic E-state index is 12.3. The minimum Gasteiger partial charge on any atom is -0.377 e. The Bertz CT molecular complexity index is 1100. The molecule has 4 atom stereocenters. The molecule has 2 fully saturated rings. The molecule has 5 nitrogen and oxygen atoms in total. The minimum atomic E-state index is -1.48. The zero-order valence-electron chi connectivity index (χ0n) is 22.2. The van der Waals surface area contributed by atoms with Gasteiger partial charge in [0.15, 0.2) is 0 Å². The first-order valence-electron chi connectivity index (χ1n) is 13.8. The highest BCUT2D eigenvalue weighted by molar-refractivity contribution is 8.17. The molecule has 2 aliphatic heterocycles. The van der Waals surface area contributed by atoms with Gasteiger partial charge in [0.05, 0.1) is 32.0 Å². The van der Waals surface area contributed by atoms with Crippen molar-refractivity contribution in [3.05, 3.63) is 108 Å². The summed E-state index contributed by atoms with van der Waals surface area (Å²) in [6.45, 7) is 1.94. The zero-order valence-corrected chi connectivity index (χ0v) is 23.9. The van der Waals surface area contributed by atoms with E-state index in [-0.39, 0.29) is 16.8 Å². The van der Waals surface area contributed by atoms with Crippen molar-refractivity contribution in [2.45, 2.75) is 67.8 Å². The Morgan fingerprint density at radius 3 is 1.87 bits per heavy atom. The lowest BCUT2D eigenvalue weighted by Gasteiger charge is -2.50. The molecule has 208 valence electrons. The number of benzene rings is 3. The fourth-order valence-electron chi connectivity index (χ4n) is 5.02. The summed E-state index contributed by atoms with van der Waals surface area (Å²) in [6.07, 6.45) is 1.29. The molecule has 0 spiro atoms. The van der Waals surface area contributed by atoms with Gasteiger partial charge >= 0.3 is 0 Å². The molecule has 0 aliphatic carbocycles. The number of rotatable bonds is 12. The number of hydrogen-bond acceptors (Lipinski definition) is 7. The third-order valence-electron chi connectivity index (χ3n) is 7.04. The maximum Gasteiger partial charge on any atom is 0.216 e. The van der Waals surface area contributed by atoms with Crippen molar-refractivity contribution in [2.24, 2.45) is 0 Å². The molecule has 2 saturated heterocycles. The van der Waals surface area contributed by atoms with Gasteiger partial charge in [-0.05, 0) is 41.0 Å². The van der Waals surface area contributed by atoms with Gasteiger partial charge in [-0.25, -0.2) is 0 Å². The third-order valence-corrected chi connectivity index (χ3v) is 10.2. The number of aliphatic hydroxyl groups is 1. The van der Waals surface area contributed by atoms with Crippen LogP contribution in [0.25, 0.3) is 0 Å². The maximum absolute atomic E-state index is 12.3. The molecule has 3 aromatic carbocycles. The van der Waals surface area contributed by atoms with E-state index in [0.717, 1.165) is 34.6 Å². The Morgan fingerprint density at radius 1 is 0.744 bits per heavy atom. The molecular formula is C32H38O5S2. The summed E-state index contributed by atoms with van der Waals surface area (Å²) < 4.78 is 25.5. The SMILES string of the molecule is O[C@@]1(C2SCCCS2)O[C@H](CCOCc2ccccc2)C[C@H](OCc2ccccc2)[C@H]1OCc1ccccc1. The third kappa shape index (κ3) is 8.10. The van der Waals surface area contributed by atoms with E-state index in [9.17, 15) is 5.11 Å². The molecule has 0 radical (unpaired) electrons. The molecule has 7 heteroatoms. The normalized spacial score (nSPS) is 25.9. The summed E-state index contributed by atoms with van der Waals surface area (Å²) in [6, 6.07) is 30.4. The first-order chi connectivity index (χ1) is 19.2. The summed E-state index contributed by atoms with van der Waals surface area (Å²) in [4.78, 5) is 0. The monoisotopic (exact) mass is 566 g/mol. The second-order valence-corrected chi connectivity index (χ2v) is 12.8. The molecule has 3 aromatic rings. The van der Waals surface area contributed by atoms with Crippen molar-refractivity contribution in [1.82, 2.24) is 0 Å². The van der Waals surface area contributed by atoms with Crippen LogP contribution in [0.3, 0.4) is 0 Å². The van der Waals surface area contributed by atoms with Crippen molar-refractivity contribution in [3.63, 3.8) is 0 Å². The van der Waals surface area contributed by atoms with E-state index in [0.29, 0.717) is 39.3 Å². The van der Waals surface area contributed by atoms with Gasteiger partial charge < -0.3 is 24.1 Å². The average molecular weight is 567 g/mol. The van der Waals surface area contributed by atoms with Gasteiger partial charge in [0, 0.05) is 13.0 Å². The van der Waals surface area contributed by atoms with Gasteiger partial charge in [-0.1, -0.05) is 91.0 Å². The van der Waals surface area contributed by atoms with Crippen molar-refractivity contribution in [1.29, 1.82) is 0 Å². The van der Waals surface area contributed by atoms with Gasteiger partial charge in [0.25, 0.3) is 0 Å². The average Bonchev–Trinajstić information content (AvgIpc) is 3.00. The van der Waals surface area contributed by atoms with Crippen LogP contribution in [-0.4, -0.2) is 51.9 Å². The molecule has 0 aromatic heterocycles. The van der Waals surface area contributed by atoms with Crippen molar-refractivity contribution >= 4 is 23.5 Å². The lowest BCUT2D eigenvalue weighted by Crippen LogP contribution is -2.64. The van der Waals surface area contributed by atoms with Crippen LogP contribution in [0.1, 0.15) is 36.0 Å². The van der Waals surface area contributed by atoms with E-state index in [4.69, 9.17) is 18.9 Å². The van der Waals surface area contributed by atoms with Crippen LogP contribution in [0.5, 0.6) is 0 Å². The Morgan fingerprint density at radius 2 is 1.28 bits per heavy atom. The van der Waals surface area contributed by atoms with Crippen LogP contribution < -0.4 is 0 Å². The molecule has 1 N–H and O–H groups in total. The fraction of sp³-hybridized carbons (Fsp3) is 0.438. The summed E-state index contributed by atoms with van der Waals surface area (Å²) in [7, 11) is 0. The Hall–Kier alpha value is -1.84. The van der Waals surface area contributed by atoms with Crippen LogP contribution >= 0.6 is 23.5 Å². The topological polar surface area (TPSA) is 57.2 Å². The lowest BCUT2D eigenvalue weighted by molar-refractivity contribution is -0.332. The summed E-state index contributed by atoms with van der Waals surface area (Å²) in [5.74, 6) is 0.512. The first kappa shape index (κ1) is 28.7. The molecular weight excluding hydrogens is 528 g/mol. The molecule has 0 unspecified atom stereocenters. The van der Waals surface area contributed by atoms with Gasteiger partial charge in [-0.2, -0.15) is 0 Å². The predicted octanol–water partition coefficient (Wildman–Crippen LogP) is 6.44. The van der Waals surface area contributed by atoms with E-state index < -0.39 is 11.9 Å².